The molecule has 6 aromatic carbocycles. The molecule has 1 aliphatic rings. The lowest BCUT2D eigenvalue weighted by Crippen LogP contribution is -2.60. The number of carbonyl (C=O) groups is 16. The van der Waals surface area contributed by atoms with E-state index in [1.165, 1.54) is 93.6 Å². The number of likely N-dealkylation sites (N-methyl/N-ethyl adjacent to an activating group) is 5. The van der Waals surface area contributed by atoms with Crippen LogP contribution in [0.15, 0.2) is 170 Å². The van der Waals surface area contributed by atoms with E-state index in [0.29, 0.717) is 57.1 Å². The van der Waals surface area contributed by atoms with Gasteiger partial charge in [0, 0.05) is 96.6 Å². The summed E-state index contributed by atoms with van der Waals surface area (Å²) in [6, 6.07) is 27.3. The maximum Gasteiger partial charge on any atom is 0.305 e. The van der Waals surface area contributed by atoms with Gasteiger partial charge < -0.3 is 98.4 Å². The van der Waals surface area contributed by atoms with Crippen molar-refractivity contribution in [2.45, 2.75) is 178 Å². The fraction of sp³-hybridized carbons (Fsp3) is 0.426. The number of phenols is 2. The first-order valence-corrected chi connectivity index (χ1v) is 44.3. The summed E-state index contributed by atoms with van der Waals surface area (Å²) in [6.45, 7) is 6.52. The molecule has 11 atom stereocenters. The monoisotopic (exact) mass is 1810 g/mol. The number of aromatic nitrogens is 1. The summed E-state index contributed by atoms with van der Waals surface area (Å²) in [4.78, 5) is 244. The zero-order valence-corrected chi connectivity index (χ0v) is 75.6. The standard InChI is InChI=1S/C94H120N16O19S/c1-11-12-32-76-93(128)107(7)53-81(115)99-71(49-83(117)118)88(123)103-72(42-57(4)5)91(126)109(9)77(46-59-26-18-14-19-27-59)89(124)104-73(45-62-35-39-65(112)40-36-62)90(125)106(6)52-80(114)98-70(48-63-50-96-67-31-23-22-30-66(63)67)87(122)102-69(43-61-33-37-64(111)38-34-61)86(121)101-68(41-56(2)3)85(120)105-75(84(119)97-51-79(95)113)54-130-55-82(116)100-74(44-58-24-16-13-17-25-58)92(127)110(10)78(94(129)108(76)8)47-60-28-20-15-21-29-60/h13-31,33-40,50,56-57,68-78,96,111-112H,11-12,32,41-49,51-55H2,1-10H3,(H2,95,113)(H,97,119)(H,98,114)(H,99,115)(H,100,116)(H,101,121)(H,102,122)(H,103,123)(H,104,124)(H,105,120)(H,117,118)/t68-,69-,70-,71-,72-,73-,74-,75-,76-,77?,78-/m0/s1. The zero-order valence-electron chi connectivity index (χ0n) is 74.8. The third-order valence-corrected chi connectivity index (χ3v) is 23.2. The van der Waals surface area contributed by atoms with Gasteiger partial charge in [-0.05, 0) is 94.8 Å². The number of primary amides is 1. The first kappa shape index (κ1) is 102. The normalized spacial score (nSPS) is 21.8. The van der Waals surface area contributed by atoms with Crippen LogP contribution in [0.4, 0.5) is 0 Å². The predicted molar refractivity (Wildman–Crippen MR) is 487 cm³/mol. The lowest BCUT2D eigenvalue weighted by atomic mass is 9.98. The number of unbranched alkanes of at least 4 members (excludes halogenated alkanes) is 1. The van der Waals surface area contributed by atoms with Gasteiger partial charge in [0.25, 0.3) is 0 Å². The number of aromatic amines is 1. The fourth-order valence-corrected chi connectivity index (χ4v) is 16.0. The number of nitrogens with one attached hydrogen (secondary N) is 10. The summed E-state index contributed by atoms with van der Waals surface area (Å²) >= 11 is 0.830. The number of nitrogens with two attached hydrogens (primary N) is 1. The number of rotatable bonds is 24. The lowest BCUT2D eigenvalue weighted by Gasteiger charge is -2.37. The Morgan fingerprint density at radius 2 is 0.854 bits per heavy atom. The van der Waals surface area contributed by atoms with Gasteiger partial charge in [0.2, 0.25) is 88.6 Å². The summed E-state index contributed by atoms with van der Waals surface area (Å²) < 4.78 is 0. The van der Waals surface area contributed by atoms with Crippen molar-refractivity contribution in [3.8, 4) is 11.5 Å². The van der Waals surface area contributed by atoms with Crippen molar-refractivity contribution in [3.63, 3.8) is 0 Å². The van der Waals surface area contributed by atoms with Gasteiger partial charge in [-0.2, -0.15) is 0 Å². The molecule has 2 heterocycles. The van der Waals surface area contributed by atoms with Crippen LogP contribution in [0, 0.1) is 11.8 Å². The third kappa shape index (κ3) is 31.1. The number of fused-ring (bicyclic) bond motifs is 1. The highest BCUT2D eigenvalue weighted by Gasteiger charge is 2.42. The van der Waals surface area contributed by atoms with Crippen LogP contribution >= 0.6 is 11.8 Å². The zero-order chi connectivity index (χ0) is 95.0. The van der Waals surface area contributed by atoms with E-state index < -0.39 is 193 Å². The van der Waals surface area contributed by atoms with Gasteiger partial charge in [0.15, 0.2) is 0 Å². The number of hydrogen-bond acceptors (Lipinski definition) is 19. The van der Waals surface area contributed by atoms with E-state index in [1.54, 1.807) is 149 Å². The summed E-state index contributed by atoms with van der Waals surface area (Å²) in [6.07, 6.45) is -0.0138. The minimum Gasteiger partial charge on any atom is -0.508 e. The van der Waals surface area contributed by atoms with Crippen LogP contribution < -0.4 is 53.6 Å². The van der Waals surface area contributed by atoms with Crippen LogP contribution in [-0.2, 0) is 115 Å². The van der Waals surface area contributed by atoms with E-state index in [4.69, 9.17) is 5.73 Å². The summed E-state index contributed by atoms with van der Waals surface area (Å²) in [5, 5.41) is 55.7. The minimum absolute atomic E-state index is 0.0305. The third-order valence-electron chi connectivity index (χ3n) is 22.2. The lowest BCUT2D eigenvalue weighted by molar-refractivity contribution is -0.151. The number of carboxylic acid groups (broad SMARTS) is 1. The number of thioether (sulfide) groups is 1. The van der Waals surface area contributed by atoms with Crippen molar-refractivity contribution < 1.29 is 92.0 Å². The highest BCUT2D eigenvalue weighted by atomic mass is 32.2. The Hall–Kier alpha value is -13.7. The van der Waals surface area contributed by atoms with Gasteiger partial charge in [-0.15, -0.1) is 11.8 Å². The van der Waals surface area contributed by atoms with Crippen LogP contribution in [0.5, 0.6) is 11.5 Å². The molecule has 35 nitrogen and oxygen atoms in total. The van der Waals surface area contributed by atoms with Gasteiger partial charge in [0.1, 0.15) is 78.0 Å². The van der Waals surface area contributed by atoms with E-state index in [1.807, 2.05) is 6.92 Å². The van der Waals surface area contributed by atoms with Crippen molar-refractivity contribution in [3.05, 3.63) is 203 Å². The Morgan fingerprint density at radius 3 is 1.39 bits per heavy atom. The molecule has 1 saturated heterocycles. The molecule has 36 heteroatoms. The maximum atomic E-state index is 15.5. The number of carboxylic acids is 1. The molecule has 15 N–H and O–H groups in total. The van der Waals surface area contributed by atoms with Gasteiger partial charge in [-0.3, -0.25) is 76.7 Å². The van der Waals surface area contributed by atoms with Crippen LogP contribution in [0.25, 0.3) is 10.9 Å². The van der Waals surface area contributed by atoms with E-state index in [-0.39, 0.29) is 86.9 Å². The van der Waals surface area contributed by atoms with Crippen LogP contribution in [0.2, 0.25) is 0 Å². The molecule has 130 heavy (non-hydrogen) atoms. The Bertz CT molecular complexity index is 5090. The Morgan fingerprint density at radius 1 is 0.438 bits per heavy atom. The number of nitrogens with zero attached hydrogens (tertiary/aromatic N) is 5. The van der Waals surface area contributed by atoms with E-state index in [0.717, 1.165) is 26.5 Å². The molecule has 7 aromatic rings. The van der Waals surface area contributed by atoms with Crippen LogP contribution in [0.3, 0.4) is 0 Å². The van der Waals surface area contributed by atoms with Crippen molar-refractivity contribution in [1.82, 2.24) is 77.3 Å². The number of phenolic OH excluding ortho intramolecular Hbond substituents is 2. The van der Waals surface area contributed by atoms with Gasteiger partial charge >= 0.3 is 5.97 Å². The molecule has 8 rings (SSSR count). The van der Waals surface area contributed by atoms with E-state index in [9.17, 15) is 53.7 Å². The molecular weight excluding hydrogens is 1690 g/mol. The van der Waals surface area contributed by atoms with Crippen molar-refractivity contribution >= 4 is 117 Å². The average molecular weight is 1810 g/mol. The largest absolute Gasteiger partial charge is 0.508 e. The summed E-state index contributed by atoms with van der Waals surface area (Å²) in [5.74, 6) is -17.0. The van der Waals surface area contributed by atoms with Gasteiger partial charge in [-0.25, -0.2) is 0 Å². The second-order valence-corrected chi connectivity index (χ2v) is 34.6. The van der Waals surface area contributed by atoms with Crippen LogP contribution in [-0.4, -0.2) is 272 Å². The van der Waals surface area contributed by atoms with Crippen molar-refractivity contribution in [2.24, 2.45) is 17.6 Å². The predicted octanol–water partition coefficient (Wildman–Crippen LogP) is 2.72. The molecule has 0 bridgehead atoms. The second-order valence-electron chi connectivity index (χ2n) is 33.5. The number of aliphatic carboxylic acids is 1. The number of carbonyl (C=O) groups excluding carboxylic acids is 15. The maximum absolute atomic E-state index is 15.5. The van der Waals surface area contributed by atoms with Crippen LogP contribution in [0.1, 0.15) is 107 Å². The fourth-order valence-electron chi connectivity index (χ4n) is 15.2. The number of amides is 15. The molecule has 0 saturated carbocycles. The Labute approximate surface area is 759 Å². The number of para-hydroxylation sites is 1. The minimum atomic E-state index is -1.90. The average Bonchev–Trinajstić information content (AvgIpc) is 1.30. The molecular formula is C94H120N16O19S. The topological polar surface area (TPSA) is 500 Å². The smallest absolute Gasteiger partial charge is 0.305 e. The molecule has 696 valence electrons. The molecule has 1 aromatic heterocycles. The van der Waals surface area contributed by atoms with Crippen molar-refractivity contribution in [2.75, 3.05) is 66.4 Å². The molecule has 0 spiro atoms. The first-order chi connectivity index (χ1) is 61.9. The number of aromatic hydroxyl groups is 2. The molecule has 0 aliphatic carbocycles. The second kappa shape index (κ2) is 49.6. The van der Waals surface area contributed by atoms with Gasteiger partial charge in [0.05, 0.1) is 31.8 Å². The summed E-state index contributed by atoms with van der Waals surface area (Å²) in [5.41, 5.74) is 9.13. The number of hydrogen-bond donors (Lipinski definition) is 14. The molecule has 1 unspecified atom stereocenters. The Balaban J connectivity index is 1.22. The highest BCUT2D eigenvalue weighted by Crippen LogP contribution is 2.25. The number of H-pyrrole nitrogens is 1. The number of benzene rings is 6. The molecule has 15 amide bonds. The highest BCUT2D eigenvalue weighted by molar-refractivity contribution is 8.00. The molecule has 1 aliphatic heterocycles. The SMILES string of the molecule is CCCC[C@H]1C(=O)N(C)CC(=O)N[C@@H](CC(=O)O)C(=O)N[C@@H](CC(C)C)C(=O)N(C)C(Cc2ccccc2)C(=O)N[C@@H](Cc2ccc(O)cc2)C(=O)N(C)CC(=O)N[C@@H](Cc2c[nH]c3ccccc23)C(=O)N[C@@H](Cc2ccc(O)cc2)C(=O)N[C@@H](CC(C)C)C(=O)N[C@H](C(=O)NCC(N)=O)CSCC(=O)N[C@@H](Cc2ccccc2)C(=O)N(C)[C@@H](Cc2ccccc2)C(=O)N1C. The van der Waals surface area contributed by atoms with E-state index in [2.05, 4.69) is 52.8 Å². The summed E-state index contributed by atoms with van der Waals surface area (Å²) in [7, 11) is 6.56. The Kier molecular flexibility index (Phi) is 38.8. The quantitative estimate of drug-likeness (QED) is 0.0413. The molecule has 1 fully saturated rings. The van der Waals surface area contributed by atoms with Crippen molar-refractivity contribution in [1.29, 1.82) is 0 Å². The first-order valence-electron chi connectivity index (χ1n) is 43.1. The molecule has 0 radical (unpaired) electrons. The van der Waals surface area contributed by atoms with E-state index >= 15 is 38.4 Å². The van der Waals surface area contributed by atoms with Gasteiger partial charge in [-0.1, -0.05) is 181 Å².